The van der Waals surface area contributed by atoms with E-state index in [4.69, 9.17) is 4.74 Å². The molecule has 1 amide bonds. The lowest BCUT2D eigenvalue weighted by Gasteiger charge is -2.08. The SMILES string of the molecule is CCc1nc(NC(=O)C2CCCN2)sc1C(=O)OC. The van der Waals surface area contributed by atoms with Gasteiger partial charge in [-0.3, -0.25) is 4.79 Å². The molecule has 0 radical (unpaired) electrons. The number of carbonyl (C=O) groups is 2. The van der Waals surface area contributed by atoms with Crippen molar-refractivity contribution in [2.45, 2.75) is 32.2 Å². The molecule has 2 rings (SSSR count). The lowest BCUT2D eigenvalue weighted by Crippen LogP contribution is -2.35. The predicted octanol–water partition coefficient (Wildman–Crippen LogP) is 1.18. The van der Waals surface area contributed by atoms with Gasteiger partial charge < -0.3 is 15.4 Å². The third-order valence-electron chi connectivity index (χ3n) is 3.01. The van der Waals surface area contributed by atoms with Gasteiger partial charge in [0, 0.05) is 0 Å². The molecule has 0 saturated carbocycles. The molecule has 0 spiro atoms. The van der Waals surface area contributed by atoms with E-state index in [9.17, 15) is 9.59 Å². The van der Waals surface area contributed by atoms with Crippen LogP contribution < -0.4 is 10.6 Å². The largest absolute Gasteiger partial charge is 0.465 e. The summed E-state index contributed by atoms with van der Waals surface area (Å²) in [6.45, 7) is 2.77. The van der Waals surface area contributed by atoms with Crippen LogP contribution in [0.4, 0.5) is 5.13 Å². The number of thiazole rings is 1. The van der Waals surface area contributed by atoms with Crippen molar-refractivity contribution in [3.05, 3.63) is 10.6 Å². The van der Waals surface area contributed by atoms with Crippen molar-refractivity contribution in [2.75, 3.05) is 19.0 Å². The van der Waals surface area contributed by atoms with Gasteiger partial charge in [0.2, 0.25) is 5.91 Å². The van der Waals surface area contributed by atoms with E-state index in [0.717, 1.165) is 30.7 Å². The topological polar surface area (TPSA) is 80.3 Å². The molecule has 104 valence electrons. The first kappa shape index (κ1) is 14.0. The minimum absolute atomic E-state index is 0.0923. The summed E-state index contributed by atoms with van der Waals surface area (Å²) >= 11 is 1.16. The third-order valence-corrected chi connectivity index (χ3v) is 4.00. The van der Waals surface area contributed by atoms with Crippen LogP contribution in [0.25, 0.3) is 0 Å². The van der Waals surface area contributed by atoms with Crippen molar-refractivity contribution in [1.82, 2.24) is 10.3 Å². The highest BCUT2D eigenvalue weighted by molar-refractivity contribution is 7.17. The van der Waals surface area contributed by atoms with Crippen LogP contribution in [0.15, 0.2) is 0 Å². The quantitative estimate of drug-likeness (QED) is 0.811. The Balaban J connectivity index is 2.10. The lowest BCUT2D eigenvalue weighted by molar-refractivity contribution is -0.117. The Bertz CT molecular complexity index is 481. The molecule has 0 bridgehead atoms. The molecule has 0 aliphatic carbocycles. The Morgan fingerprint density at radius 1 is 1.58 bits per heavy atom. The maximum atomic E-state index is 11.9. The number of methoxy groups -OCH3 is 1. The molecule has 1 aromatic heterocycles. The number of esters is 1. The van der Waals surface area contributed by atoms with Gasteiger partial charge in [0.15, 0.2) is 5.13 Å². The van der Waals surface area contributed by atoms with Crippen LogP contribution in [0, 0.1) is 0 Å². The number of hydrogen-bond donors (Lipinski definition) is 2. The minimum atomic E-state index is -0.408. The first-order chi connectivity index (χ1) is 9.15. The Labute approximate surface area is 115 Å². The summed E-state index contributed by atoms with van der Waals surface area (Å²) in [6.07, 6.45) is 2.46. The zero-order valence-corrected chi connectivity index (χ0v) is 11.8. The van der Waals surface area contributed by atoms with E-state index >= 15 is 0 Å². The number of rotatable bonds is 4. The summed E-state index contributed by atoms with van der Waals surface area (Å²) in [5.74, 6) is -0.501. The first-order valence-corrected chi connectivity index (χ1v) is 7.09. The third kappa shape index (κ3) is 3.10. The number of ether oxygens (including phenoxy) is 1. The lowest BCUT2D eigenvalue weighted by atomic mass is 10.2. The highest BCUT2D eigenvalue weighted by Gasteiger charge is 2.24. The van der Waals surface area contributed by atoms with Crippen LogP contribution in [0.2, 0.25) is 0 Å². The zero-order valence-electron chi connectivity index (χ0n) is 11.0. The molecule has 1 unspecified atom stereocenters. The van der Waals surface area contributed by atoms with Gasteiger partial charge in [-0.05, 0) is 25.8 Å². The number of hydrogen-bond acceptors (Lipinski definition) is 6. The molecule has 1 aliphatic rings. The van der Waals surface area contributed by atoms with Crippen molar-refractivity contribution in [2.24, 2.45) is 0 Å². The molecule has 1 fully saturated rings. The molecular formula is C12H17N3O3S. The minimum Gasteiger partial charge on any atom is -0.465 e. The second-order valence-electron chi connectivity index (χ2n) is 4.28. The fourth-order valence-corrected chi connectivity index (χ4v) is 2.97. The van der Waals surface area contributed by atoms with Crippen LogP contribution in [-0.4, -0.2) is 36.6 Å². The van der Waals surface area contributed by atoms with E-state index in [1.807, 2.05) is 6.92 Å². The standard InChI is InChI=1S/C12H17N3O3S/c1-3-7-9(11(17)18-2)19-12(14-7)15-10(16)8-5-4-6-13-8/h8,13H,3-6H2,1-2H3,(H,14,15,16). The van der Waals surface area contributed by atoms with Gasteiger partial charge in [0.05, 0.1) is 18.8 Å². The number of carbonyl (C=O) groups excluding carboxylic acids is 2. The van der Waals surface area contributed by atoms with Crippen LogP contribution in [0.3, 0.4) is 0 Å². The van der Waals surface area contributed by atoms with E-state index in [1.54, 1.807) is 0 Å². The van der Waals surface area contributed by atoms with Crippen LogP contribution in [0.1, 0.15) is 35.1 Å². The fourth-order valence-electron chi connectivity index (χ4n) is 2.00. The predicted molar refractivity (Wildman–Crippen MR) is 72.5 cm³/mol. The van der Waals surface area contributed by atoms with Crippen molar-refractivity contribution in [3.63, 3.8) is 0 Å². The van der Waals surface area contributed by atoms with Crippen molar-refractivity contribution in [1.29, 1.82) is 0 Å². The summed E-state index contributed by atoms with van der Waals surface area (Å²) in [4.78, 5) is 28.2. The van der Waals surface area contributed by atoms with Gasteiger partial charge in [0.25, 0.3) is 0 Å². The second-order valence-corrected chi connectivity index (χ2v) is 5.28. The first-order valence-electron chi connectivity index (χ1n) is 6.28. The molecule has 1 aliphatic heterocycles. The molecular weight excluding hydrogens is 266 g/mol. The summed E-state index contributed by atoms with van der Waals surface area (Å²) in [5, 5.41) is 6.33. The highest BCUT2D eigenvalue weighted by Crippen LogP contribution is 2.24. The zero-order chi connectivity index (χ0) is 13.8. The van der Waals surface area contributed by atoms with Gasteiger partial charge in [-0.1, -0.05) is 18.3 Å². The molecule has 6 nitrogen and oxygen atoms in total. The highest BCUT2D eigenvalue weighted by atomic mass is 32.1. The Morgan fingerprint density at radius 3 is 2.95 bits per heavy atom. The average Bonchev–Trinajstić information content (AvgIpc) is 3.06. The number of aryl methyl sites for hydroxylation is 1. The average molecular weight is 283 g/mol. The van der Waals surface area contributed by atoms with Crippen molar-refractivity contribution < 1.29 is 14.3 Å². The number of amides is 1. The number of nitrogens with zero attached hydrogens (tertiary/aromatic N) is 1. The van der Waals surface area contributed by atoms with Gasteiger partial charge in [-0.25, -0.2) is 9.78 Å². The Kier molecular flexibility index (Phi) is 4.49. The van der Waals surface area contributed by atoms with Crippen molar-refractivity contribution in [3.8, 4) is 0 Å². The van der Waals surface area contributed by atoms with Gasteiger partial charge in [0.1, 0.15) is 4.88 Å². The molecule has 1 atom stereocenters. The number of nitrogens with one attached hydrogen (secondary N) is 2. The molecule has 2 heterocycles. The van der Waals surface area contributed by atoms with E-state index in [2.05, 4.69) is 15.6 Å². The monoisotopic (exact) mass is 283 g/mol. The van der Waals surface area contributed by atoms with Gasteiger partial charge in [-0.2, -0.15) is 0 Å². The molecule has 0 aromatic carbocycles. The summed E-state index contributed by atoms with van der Waals surface area (Å²) in [5.41, 5.74) is 0.659. The van der Waals surface area contributed by atoms with Crippen molar-refractivity contribution >= 4 is 28.3 Å². The number of anilines is 1. The summed E-state index contributed by atoms with van der Waals surface area (Å²) < 4.78 is 4.70. The van der Waals surface area contributed by atoms with E-state index in [-0.39, 0.29) is 11.9 Å². The van der Waals surface area contributed by atoms with E-state index < -0.39 is 5.97 Å². The molecule has 19 heavy (non-hydrogen) atoms. The van der Waals surface area contributed by atoms with E-state index in [0.29, 0.717) is 22.1 Å². The normalized spacial score (nSPS) is 18.3. The summed E-state index contributed by atoms with van der Waals surface area (Å²) in [7, 11) is 1.34. The van der Waals surface area contributed by atoms with Crippen LogP contribution in [0.5, 0.6) is 0 Å². The van der Waals surface area contributed by atoms with Gasteiger partial charge >= 0.3 is 5.97 Å². The van der Waals surface area contributed by atoms with Crippen LogP contribution >= 0.6 is 11.3 Å². The molecule has 2 N–H and O–H groups in total. The summed E-state index contributed by atoms with van der Waals surface area (Å²) in [6, 6.07) is -0.157. The van der Waals surface area contributed by atoms with Gasteiger partial charge in [-0.15, -0.1) is 0 Å². The maximum Gasteiger partial charge on any atom is 0.350 e. The smallest absolute Gasteiger partial charge is 0.350 e. The fraction of sp³-hybridized carbons (Fsp3) is 0.583. The Morgan fingerprint density at radius 2 is 2.37 bits per heavy atom. The maximum absolute atomic E-state index is 11.9. The molecule has 1 aromatic rings. The second kappa shape index (κ2) is 6.12. The Hall–Kier alpha value is -1.47. The van der Waals surface area contributed by atoms with E-state index in [1.165, 1.54) is 7.11 Å². The molecule has 1 saturated heterocycles. The van der Waals surface area contributed by atoms with Crippen LogP contribution in [-0.2, 0) is 16.0 Å². The number of aromatic nitrogens is 1. The molecule has 7 heteroatoms.